The molecular formula is C17H19NO4. The molecule has 0 aliphatic heterocycles. The average Bonchev–Trinajstić information content (AvgIpc) is 2.51. The van der Waals surface area contributed by atoms with Gasteiger partial charge in [0.05, 0.1) is 11.1 Å². The van der Waals surface area contributed by atoms with Crippen LogP contribution in [0.25, 0.3) is 11.6 Å². The second-order valence-corrected chi connectivity index (χ2v) is 5.26. The van der Waals surface area contributed by atoms with Crippen molar-refractivity contribution < 1.29 is 19.8 Å². The Labute approximate surface area is 129 Å². The van der Waals surface area contributed by atoms with Gasteiger partial charge in [0.2, 0.25) is 0 Å². The van der Waals surface area contributed by atoms with Crippen LogP contribution < -0.4 is 5.32 Å². The molecule has 1 aliphatic rings. The Balaban J connectivity index is 2.33. The maximum atomic E-state index is 11.2. The Morgan fingerprint density at radius 1 is 1.36 bits per heavy atom. The predicted molar refractivity (Wildman–Crippen MR) is 84.0 cm³/mol. The van der Waals surface area contributed by atoms with Crippen LogP contribution in [0.3, 0.4) is 0 Å². The van der Waals surface area contributed by atoms with Gasteiger partial charge in [0.1, 0.15) is 12.0 Å². The molecule has 0 amide bonds. The third kappa shape index (κ3) is 3.27. The molecule has 0 heterocycles. The van der Waals surface area contributed by atoms with Crippen molar-refractivity contribution in [3.05, 3.63) is 40.6 Å². The summed E-state index contributed by atoms with van der Waals surface area (Å²) in [7, 11) is 0. The zero-order chi connectivity index (χ0) is 16.1. The van der Waals surface area contributed by atoms with Crippen LogP contribution in [0.4, 0.5) is 0 Å². The summed E-state index contributed by atoms with van der Waals surface area (Å²) >= 11 is 0. The molecule has 1 aromatic rings. The molecule has 2 rings (SSSR count). The van der Waals surface area contributed by atoms with E-state index in [-0.39, 0.29) is 11.1 Å². The van der Waals surface area contributed by atoms with Gasteiger partial charge in [-0.1, -0.05) is 25.8 Å². The maximum absolute atomic E-state index is 11.2. The minimum atomic E-state index is -1.05. The highest BCUT2D eigenvalue weighted by Gasteiger charge is 2.26. The molecule has 0 saturated carbocycles. The van der Waals surface area contributed by atoms with Crippen molar-refractivity contribution in [2.24, 2.45) is 0 Å². The van der Waals surface area contributed by atoms with Crippen molar-refractivity contribution in [3.8, 4) is 0 Å². The number of carbonyl (C=O) groups excluding carboxylic acids is 1. The first-order valence-electron chi connectivity index (χ1n) is 7.34. The number of fused-ring (bicyclic) bond motifs is 1. The molecule has 1 aliphatic carbocycles. The number of hydrogen-bond donors (Lipinski definition) is 3. The number of benzene rings is 1. The molecule has 0 fully saturated rings. The van der Waals surface area contributed by atoms with E-state index < -0.39 is 12.1 Å². The van der Waals surface area contributed by atoms with Crippen molar-refractivity contribution in [1.29, 1.82) is 0 Å². The molecule has 3 N–H and O–H groups in total. The van der Waals surface area contributed by atoms with Gasteiger partial charge >= 0.3 is 5.97 Å². The lowest BCUT2D eigenvalue weighted by Gasteiger charge is -2.24. The molecule has 5 nitrogen and oxygen atoms in total. The normalized spacial score (nSPS) is 16.5. The van der Waals surface area contributed by atoms with Crippen LogP contribution in [-0.2, 0) is 4.79 Å². The summed E-state index contributed by atoms with van der Waals surface area (Å²) < 4.78 is 0. The lowest BCUT2D eigenvalue weighted by Crippen LogP contribution is -2.29. The molecule has 0 bridgehead atoms. The first kappa shape index (κ1) is 16.0. The lowest BCUT2D eigenvalue weighted by atomic mass is 9.88. The lowest BCUT2D eigenvalue weighted by molar-refractivity contribution is 0.0697. The molecular weight excluding hydrogens is 282 g/mol. The summed E-state index contributed by atoms with van der Waals surface area (Å²) in [4.78, 5) is 22.2. The van der Waals surface area contributed by atoms with E-state index in [9.17, 15) is 14.7 Å². The number of unbranched alkanes of at least 4 members (excludes halogenated alkanes) is 2. The second kappa shape index (κ2) is 7.07. The fourth-order valence-electron chi connectivity index (χ4n) is 2.48. The third-order valence-corrected chi connectivity index (χ3v) is 3.69. The van der Waals surface area contributed by atoms with E-state index in [1.54, 1.807) is 12.0 Å². The molecule has 1 unspecified atom stereocenters. The van der Waals surface area contributed by atoms with E-state index in [0.717, 1.165) is 19.3 Å². The van der Waals surface area contributed by atoms with Crippen LogP contribution in [0, 0.1) is 0 Å². The number of aliphatic hydroxyl groups is 1. The first-order valence-corrected chi connectivity index (χ1v) is 7.34. The monoisotopic (exact) mass is 301 g/mol. The summed E-state index contributed by atoms with van der Waals surface area (Å²) in [6.45, 7) is 2.79. The summed E-state index contributed by atoms with van der Waals surface area (Å²) in [5.41, 5.74) is 1.90. The number of aromatic carboxylic acids is 1. The van der Waals surface area contributed by atoms with Crippen LogP contribution in [0.15, 0.2) is 23.9 Å². The minimum absolute atomic E-state index is 0.132. The van der Waals surface area contributed by atoms with Gasteiger partial charge in [-0.3, -0.25) is 0 Å². The van der Waals surface area contributed by atoms with Gasteiger partial charge in [0.25, 0.3) is 0 Å². The van der Waals surface area contributed by atoms with E-state index in [2.05, 4.69) is 12.2 Å². The molecule has 116 valence electrons. The van der Waals surface area contributed by atoms with Crippen LogP contribution in [0.1, 0.15) is 47.7 Å². The summed E-state index contributed by atoms with van der Waals surface area (Å²) in [5, 5.41) is 22.4. The highest BCUT2D eigenvalue weighted by atomic mass is 16.4. The van der Waals surface area contributed by atoms with Crippen molar-refractivity contribution in [1.82, 2.24) is 5.32 Å². The largest absolute Gasteiger partial charge is 0.478 e. The van der Waals surface area contributed by atoms with Crippen molar-refractivity contribution >= 4 is 23.6 Å². The van der Waals surface area contributed by atoms with Crippen molar-refractivity contribution in [3.63, 3.8) is 0 Å². The number of aliphatic hydroxyl groups excluding tert-OH is 1. The zero-order valence-corrected chi connectivity index (χ0v) is 12.4. The predicted octanol–water partition coefficient (Wildman–Crippen LogP) is 2.10. The topological polar surface area (TPSA) is 86.6 Å². The molecule has 0 aromatic heterocycles. The molecule has 1 atom stereocenters. The van der Waals surface area contributed by atoms with E-state index in [0.29, 0.717) is 23.4 Å². The third-order valence-electron chi connectivity index (χ3n) is 3.69. The zero-order valence-electron chi connectivity index (χ0n) is 12.4. The van der Waals surface area contributed by atoms with Gasteiger partial charge in [-0.2, -0.15) is 0 Å². The van der Waals surface area contributed by atoms with Crippen LogP contribution in [-0.4, -0.2) is 34.8 Å². The fraction of sp³-hybridized carbons (Fsp3) is 0.353. The summed E-state index contributed by atoms with van der Waals surface area (Å²) in [6, 6.07) is 4.44. The molecule has 0 saturated heterocycles. The number of carboxylic acid groups (broad SMARTS) is 1. The van der Waals surface area contributed by atoms with E-state index in [1.165, 1.54) is 18.2 Å². The minimum Gasteiger partial charge on any atom is -0.478 e. The number of carboxylic acids is 1. The second-order valence-electron chi connectivity index (χ2n) is 5.26. The Hall–Kier alpha value is -2.36. The van der Waals surface area contributed by atoms with Gasteiger partial charge in [0.15, 0.2) is 0 Å². The van der Waals surface area contributed by atoms with Crippen molar-refractivity contribution in [2.45, 2.75) is 32.3 Å². The quantitative estimate of drug-likeness (QED) is 0.553. The fourth-order valence-corrected chi connectivity index (χ4v) is 2.48. The maximum Gasteiger partial charge on any atom is 0.335 e. The standard InChI is InChI=1S/C17H19NO4/c1-2-3-4-7-18-15-9-12-8-11(17(21)22)5-6-13(12)14(10-19)16(15)20/h5-6,8-9,16,18,20H,2-4,7H2,1H3,(H,21,22). The molecule has 0 radical (unpaired) electrons. The molecule has 0 spiro atoms. The van der Waals surface area contributed by atoms with Gasteiger partial charge in [-0.15, -0.1) is 0 Å². The van der Waals surface area contributed by atoms with Crippen LogP contribution in [0.2, 0.25) is 0 Å². The average molecular weight is 301 g/mol. The Bertz CT molecular complexity index is 657. The molecule has 1 aromatic carbocycles. The highest BCUT2D eigenvalue weighted by Crippen LogP contribution is 2.31. The summed E-state index contributed by atoms with van der Waals surface area (Å²) in [6.07, 6.45) is 3.77. The van der Waals surface area contributed by atoms with E-state index in [1.807, 2.05) is 0 Å². The number of hydrogen-bond acceptors (Lipinski definition) is 4. The van der Waals surface area contributed by atoms with Crippen molar-refractivity contribution in [2.75, 3.05) is 6.54 Å². The smallest absolute Gasteiger partial charge is 0.335 e. The first-order chi connectivity index (χ1) is 10.6. The van der Waals surface area contributed by atoms with Gasteiger partial charge in [0, 0.05) is 12.2 Å². The Morgan fingerprint density at radius 3 is 2.77 bits per heavy atom. The number of carbonyl (C=O) groups is 1. The van der Waals surface area contributed by atoms with Crippen LogP contribution in [0.5, 0.6) is 0 Å². The highest BCUT2D eigenvalue weighted by molar-refractivity contribution is 5.98. The number of rotatable bonds is 6. The SMILES string of the molecule is CCCCCNC1=Cc2cc(C(=O)O)ccc2C(=C=O)C1O. The Morgan fingerprint density at radius 2 is 2.14 bits per heavy atom. The molecule has 22 heavy (non-hydrogen) atoms. The Kier molecular flexibility index (Phi) is 5.15. The van der Waals surface area contributed by atoms with E-state index in [4.69, 9.17) is 5.11 Å². The van der Waals surface area contributed by atoms with Gasteiger partial charge in [-0.25, -0.2) is 9.59 Å². The molecule has 5 heteroatoms. The van der Waals surface area contributed by atoms with E-state index >= 15 is 0 Å². The number of nitrogens with one attached hydrogen (secondary N) is 1. The van der Waals surface area contributed by atoms with Gasteiger partial charge < -0.3 is 15.5 Å². The van der Waals surface area contributed by atoms with Crippen LogP contribution >= 0.6 is 0 Å². The van der Waals surface area contributed by atoms with Gasteiger partial charge in [-0.05, 0) is 35.8 Å². The summed E-state index contributed by atoms with van der Waals surface area (Å²) in [5.74, 6) is 0.747.